The number of hydrogen-bond donors (Lipinski definition) is 0. The molecular formula is C23H27N3O2. The van der Waals surface area contributed by atoms with Gasteiger partial charge in [-0.25, -0.2) is 4.98 Å². The molecule has 0 bridgehead atoms. The molecule has 0 N–H and O–H groups in total. The number of nitrogens with zero attached hydrogens (tertiary/aromatic N) is 3. The fraction of sp³-hybridized carbons (Fsp3) is 0.391. The van der Waals surface area contributed by atoms with E-state index in [4.69, 9.17) is 4.42 Å². The lowest BCUT2D eigenvalue weighted by atomic mass is 9.99. The third-order valence-electron chi connectivity index (χ3n) is 5.51. The summed E-state index contributed by atoms with van der Waals surface area (Å²) in [5, 5.41) is 0.918. The number of hydrogen-bond acceptors (Lipinski definition) is 5. The van der Waals surface area contributed by atoms with Gasteiger partial charge in [0.1, 0.15) is 5.69 Å². The highest BCUT2D eigenvalue weighted by atomic mass is 16.3. The van der Waals surface area contributed by atoms with Crippen molar-refractivity contribution >= 4 is 16.7 Å². The van der Waals surface area contributed by atoms with E-state index in [-0.39, 0.29) is 5.78 Å². The van der Waals surface area contributed by atoms with Gasteiger partial charge in [-0.2, -0.15) is 0 Å². The van der Waals surface area contributed by atoms with Crippen molar-refractivity contribution in [2.45, 2.75) is 19.3 Å². The Balaban J connectivity index is 1.43. The van der Waals surface area contributed by atoms with E-state index in [0.29, 0.717) is 17.9 Å². The molecule has 1 fully saturated rings. The number of benzene rings is 1. The van der Waals surface area contributed by atoms with Gasteiger partial charge in [0, 0.05) is 43.5 Å². The number of pyridine rings is 1. The lowest BCUT2D eigenvalue weighted by Crippen LogP contribution is -2.44. The minimum atomic E-state index is 0.185. The van der Waals surface area contributed by atoms with Crippen LogP contribution in [-0.4, -0.2) is 60.3 Å². The van der Waals surface area contributed by atoms with Crippen LogP contribution in [0.25, 0.3) is 22.4 Å². The highest BCUT2D eigenvalue weighted by Crippen LogP contribution is 2.26. The first-order valence-electron chi connectivity index (χ1n) is 10.1. The van der Waals surface area contributed by atoms with E-state index in [1.54, 1.807) is 6.26 Å². The van der Waals surface area contributed by atoms with Gasteiger partial charge in [0.2, 0.25) is 0 Å². The average Bonchev–Trinajstić information content (AvgIpc) is 3.26. The highest BCUT2D eigenvalue weighted by Gasteiger charge is 2.16. The van der Waals surface area contributed by atoms with Crippen molar-refractivity contribution in [3.05, 3.63) is 54.3 Å². The fourth-order valence-electron chi connectivity index (χ4n) is 3.78. The number of rotatable bonds is 7. The van der Waals surface area contributed by atoms with Crippen LogP contribution in [-0.2, 0) is 0 Å². The maximum Gasteiger partial charge on any atom is 0.163 e. The number of ketones is 1. The number of likely N-dealkylation sites (N-methyl/N-ethyl adjacent to an activating group) is 1. The quantitative estimate of drug-likeness (QED) is 0.458. The molecule has 0 amide bonds. The van der Waals surface area contributed by atoms with Crippen LogP contribution in [0, 0.1) is 0 Å². The van der Waals surface area contributed by atoms with Gasteiger partial charge >= 0.3 is 0 Å². The van der Waals surface area contributed by atoms with Crippen LogP contribution in [0.3, 0.4) is 0 Å². The molecule has 1 aliphatic rings. The largest absolute Gasteiger partial charge is 0.463 e. The summed E-state index contributed by atoms with van der Waals surface area (Å²) in [5.74, 6) is 0.875. The van der Waals surface area contributed by atoms with Gasteiger partial charge in [0.15, 0.2) is 11.5 Å². The minimum absolute atomic E-state index is 0.185. The van der Waals surface area contributed by atoms with Crippen molar-refractivity contribution in [1.29, 1.82) is 0 Å². The number of unbranched alkanes of at least 4 members (excludes halogenated alkanes) is 1. The lowest BCUT2D eigenvalue weighted by Gasteiger charge is -2.32. The predicted octanol–water partition coefficient (Wildman–Crippen LogP) is 4.10. The number of aromatic nitrogens is 1. The van der Waals surface area contributed by atoms with Crippen molar-refractivity contribution in [3.8, 4) is 11.5 Å². The minimum Gasteiger partial charge on any atom is -0.463 e. The Labute approximate surface area is 166 Å². The lowest BCUT2D eigenvalue weighted by molar-refractivity contribution is 0.0977. The summed E-state index contributed by atoms with van der Waals surface area (Å²) in [6, 6.07) is 13.4. The molecule has 5 nitrogen and oxygen atoms in total. The van der Waals surface area contributed by atoms with Gasteiger partial charge in [0.05, 0.1) is 11.8 Å². The van der Waals surface area contributed by atoms with E-state index in [1.807, 2.05) is 42.5 Å². The summed E-state index contributed by atoms with van der Waals surface area (Å²) >= 11 is 0. The molecule has 28 heavy (non-hydrogen) atoms. The third-order valence-corrected chi connectivity index (χ3v) is 5.51. The second kappa shape index (κ2) is 8.67. The SMILES string of the molecule is CN1CCN(CCCCC(=O)c2cc(-c3ccco3)nc3ccccc23)CC1. The number of para-hydroxylation sites is 1. The molecule has 0 spiro atoms. The molecule has 146 valence electrons. The van der Waals surface area contributed by atoms with Crippen molar-refractivity contribution in [3.63, 3.8) is 0 Å². The van der Waals surface area contributed by atoms with E-state index in [0.717, 1.165) is 62.0 Å². The third kappa shape index (κ3) is 4.32. The molecule has 2 aromatic heterocycles. The number of furan rings is 1. The summed E-state index contributed by atoms with van der Waals surface area (Å²) in [4.78, 5) is 22.5. The van der Waals surface area contributed by atoms with Crippen LogP contribution < -0.4 is 0 Å². The predicted molar refractivity (Wildman–Crippen MR) is 112 cm³/mol. The summed E-state index contributed by atoms with van der Waals surface area (Å²) in [7, 11) is 2.17. The molecule has 4 rings (SSSR count). The summed E-state index contributed by atoms with van der Waals surface area (Å²) in [6.45, 7) is 5.61. The smallest absolute Gasteiger partial charge is 0.163 e. The highest BCUT2D eigenvalue weighted by molar-refractivity contribution is 6.08. The van der Waals surface area contributed by atoms with Crippen LogP contribution in [0.1, 0.15) is 29.6 Å². The molecular weight excluding hydrogens is 350 g/mol. The zero-order chi connectivity index (χ0) is 19.3. The zero-order valence-corrected chi connectivity index (χ0v) is 16.4. The maximum absolute atomic E-state index is 13.0. The maximum atomic E-state index is 13.0. The summed E-state index contributed by atoms with van der Waals surface area (Å²) in [5.41, 5.74) is 2.29. The van der Waals surface area contributed by atoms with Crippen LogP contribution in [0.4, 0.5) is 0 Å². The molecule has 3 heterocycles. The number of carbonyl (C=O) groups is 1. The van der Waals surface area contributed by atoms with Crippen molar-refractivity contribution in [2.24, 2.45) is 0 Å². The molecule has 5 heteroatoms. The Morgan fingerprint density at radius 3 is 2.68 bits per heavy atom. The number of Topliss-reactive ketones (excluding diaryl/α,β-unsaturated/α-hetero) is 1. The molecule has 0 radical (unpaired) electrons. The van der Waals surface area contributed by atoms with Gasteiger partial charge in [-0.1, -0.05) is 18.2 Å². The Kier molecular flexibility index (Phi) is 5.84. The standard InChI is InChI=1S/C23H27N3O2/c1-25-12-14-26(15-13-25)11-5-4-9-22(27)19-17-21(23-10-6-16-28-23)24-20-8-3-2-7-18(19)20/h2-3,6-8,10,16-17H,4-5,9,11-15H2,1H3. The second-order valence-electron chi connectivity index (χ2n) is 7.57. The van der Waals surface area contributed by atoms with E-state index >= 15 is 0 Å². The molecule has 0 atom stereocenters. The fourth-order valence-corrected chi connectivity index (χ4v) is 3.78. The van der Waals surface area contributed by atoms with Crippen molar-refractivity contribution in [2.75, 3.05) is 39.8 Å². The van der Waals surface area contributed by atoms with Crippen LogP contribution >= 0.6 is 0 Å². The molecule has 0 aliphatic carbocycles. The number of carbonyl (C=O) groups excluding carboxylic acids is 1. The van der Waals surface area contributed by atoms with Gasteiger partial charge in [-0.15, -0.1) is 0 Å². The van der Waals surface area contributed by atoms with Crippen LogP contribution in [0.15, 0.2) is 53.1 Å². The number of fused-ring (bicyclic) bond motifs is 1. The molecule has 1 aliphatic heterocycles. The van der Waals surface area contributed by atoms with Gasteiger partial charge in [-0.3, -0.25) is 4.79 Å². The normalized spacial score (nSPS) is 15.9. The Hall–Kier alpha value is -2.50. The van der Waals surface area contributed by atoms with Gasteiger partial charge < -0.3 is 14.2 Å². The second-order valence-corrected chi connectivity index (χ2v) is 7.57. The molecule has 0 unspecified atom stereocenters. The van der Waals surface area contributed by atoms with Gasteiger partial charge in [-0.05, 0) is 50.7 Å². The Morgan fingerprint density at radius 1 is 1.07 bits per heavy atom. The Morgan fingerprint density at radius 2 is 1.89 bits per heavy atom. The molecule has 1 saturated heterocycles. The van der Waals surface area contributed by atoms with Crippen LogP contribution in [0.5, 0.6) is 0 Å². The first-order valence-corrected chi connectivity index (χ1v) is 10.1. The van der Waals surface area contributed by atoms with Gasteiger partial charge in [0.25, 0.3) is 0 Å². The molecule has 3 aromatic rings. The summed E-state index contributed by atoms with van der Waals surface area (Å²) < 4.78 is 5.49. The topological polar surface area (TPSA) is 49.6 Å². The first-order chi connectivity index (χ1) is 13.7. The number of piperazine rings is 1. The Bertz CT molecular complexity index is 928. The van der Waals surface area contributed by atoms with E-state index in [1.165, 1.54) is 0 Å². The van der Waals surface area contributed by atoms with E-state index in [9.17, 15) is 4.79 Å². The average molecular weight is 377 g/mol. The zero-order valence-electron chi connectivity index (χ0n) is 16.4. The monoisotopic (exact) mass is 377 g/mol. The van der Waals surface area contributed by atoms with Crippen molar-refractivity contribution in [1.82, 2.24) is 14.8 Å². The molecule has 0 saturated carbocycles. The van der Waals surface area contributed by atoms with E-state index < -0.39 is 0 Å². The summed E-state index contributed by atoms with van der Waals surface area (Å²) in [6.07, 6.45) is 4.17. The van der Waals surface area contributed by atoms with Crippen molar-refractivity contribution < 1.29 is 9.21 Å². The molecule has 1 aromatic carbocycles. The van der Waals surface area contributed by atoms with Crippen LogP contribution in [0.2, 0.25) is 0 Å². The van der Waals surface area contributed by atoms with E-state index in [2.05, 4.69) is 21.8 Å². The first kappa shape index (κ1) is 18.8.